The molecule has 0 atom stereocenters. The average Bonchev–Trinajstić information content (AvgIpc) is 3.45. The normalized spacial score (nSPS) is 15.6. The van der Waals surface area contributed by atoms with Crippen molar-refractivity contribution in [3.8, 4) is 39.8 Å². The minimum atomic E-state index is -4.75. The first-order valence-corrected chi connectivity index (χ1v) is 11.1. The van der Waals surface area contributed by atoms with E-state index >= 15 is 0 Å². The fraction of sp³-hybridized carbons (Fsp3) is 0.240. The molecule has 2 aliphatic heterocycles. The number of rotatable bonds is 5. The summed E-state index contributed by atoms with van der Waals surface area (Å²) in [7, 11) is 0. The number of carbonyl (C=O) groups is 1. The summed E-state index contributed by atoms with van der Waals surface area (Å²) in [6.07, 6.45) is -4.75. The third kappa shape index (κ3) is 3.72. The van der Waals surface area contributed by atoms with Gasteiger partial charge in [-0.3, -0.25) is 9.69 Å². The molecule has 2 aromatic carbocycles. The smallest absolute Gasteiger partial charge is 0.422 e. The third-order valence-corrected chi connectivity index (χ3v) is 6.40. The maximum atomic E-state index is 14.1. The maximum absolute atomic E-state index is 14.1. The Morgan fingerprint density at radius 3 is 2.47 bits per heavy atom. The van der Waals surface area contributed by atoms with Crippen LogP contribution in [0, 0.1) is 5.92 Å². The van der Waals surface area contributed by atoms with Gasteiger partial charge in [0.25, 0.3) is 0 Å². The molecule has 1 fully saturated rings. The van der Waals surface area contributed by atoms with Gasteiger partial charge in [0.15, 0.2) is 17.2 Å². The van der Waals surface area contributed by atoms with Crippen LogP contribution in [0.5, 0.6) is 5.75 Å². The van der Waals surface area contributed by atoms with Crippen LogP contribution in [0.15, 0.2) is 57.6 Å². The molecule has 2 aliphatic rings. The van der Waals surface area contributed by atoms with Gasteiger partial charge in [0.05, 0.1) is 11.5 Å². The predicted octanol–water partition coefficient (Wildman–Crippen LogP) is 5.09. The molecule has 1 saturated heterocycles. The van der Waals surface area contributed by atoms with E-state index in [1.54, 1.807) is 24.3 Å². The van der Waals surface area contributed by atoms with Crippen LogP contribution in [0.4, 0.5) is 13.2 Å². The largest absolute Gasteiger partial charge is 0.488 e. The Morgan fingerprint density at radius 2 is 1.75 bits per heavy atom. The Morgan fingerprint density at radius 1 is 1.03 bits per heavy atom. The highest BCUT2D eigenvalue weighted by Crippen LogP contribution is 2.47. The number of nitrogens with zero attached hydrogens (tertiary/aromatic N) is 3. The molecule has 0 radical (unpaired) electrons. The highest BCUT2D eigenvalue weighted by Gasteiger charge is 2.43. The van der Waals surface area contributed by atoms with Gasteiger partial charge in [0, 0.05) is 30.8 Å². The third-order valence-electron chi connectivity index (χ3n) is 6.40. The Bertz CT molecular complexity index is 1460. The molecule has 0 bridgehead atoms. The fourth-order valence-corrected chi connectivity index (χ4v) is 4.58. The van der Waals surface area contributed by atoms with Crippen LogP contribution in [-0.2, 0) is 24.1 Å². The Hall–Kier alpha value is -4.12. The van der Waals surface area contributed by atoms with Crippen molar-refractivity contribution in [1.82, 2.24) is 15.2 Å². The number of hydrogen-bond donors (Lipinski definition) is 1. The van der Waals surface area contributed by atoms with Crippen LogP contribution in [0.3, 0.4) is 0 Å². The highest BCUT2D eigenvalue weighted by atomic mass is 19.4. The number of aromatic nitrogens is 2. The summed E-state index contributed by atoms with van der Waals surface area (Å²) in [6, 6.07) is 13.4. The minimum Gasteiger partial charge on any atom is -0.488 e. The van der Waals surface area contributed by atoms with Crippen molar-refractivity contribution in [1.29, 1.82) is 0 Å². The zero-order chi connectivity index (χ0) is 25.0. The summed E-state index contributed by atoms with van der Waals surface area (Å²) in [5.74, 6) is -1.18. The lowest BCUT2D eigenvalue weighted by Crippen LogP contribution is -2.49. The van der Waals surface area contributed by atoms with Crippen molar-refractivity contribution in [3.63, 3.8) is 0 Å². The van der Waals surface area contributed by atoms with E-state index in [0.29, 0.717) is 42.2 Å². The van der Waals surface area contributed by atoms with Crippen LogP contribution >= 0.6 is 0 Å². The summed E-state index contributed by atoms with van der Waals surface area (Å²) in [5.41, 5.74) is 0.955. The minimum absolute atomic E-state index is 0.0553. The second kappa shape index (κ2) is 8.23. The van der Waals surface area contributed by atoms with Gasteiger partial charge in [-0.15, -0.1) is 0 Å². The number of hydrogen-bond acceptors (Lipinski definition) is 7. The summed E-state index contributed by atoms with van der Waals surface area (Å²) in [5, 5.41) is 16.8. The molecule has 0 spiro atoms. The molecule has 4 heterocycles. The van der Waals surface area contributed by atoms with E-state index in [9.17, 15) is 18.0 Å². The van der Waals surface area contributed by atoms with Crippen molar-refractivity contribution in [3.05, 3.63) is 65.2 Å². The molecular formula is C25H18F3N3O5. The second-order valence-corrected chi connectivity index (χ2v) is 8.79. The van der Waals surface area contributed by atoms with E-state index < -0.39 is 29.2 Å². The number of halogens is 3. The van der Waals surface area contributed by atoms with Gasteiger partial charge in [0.2, 0.25) is 0 Å². The Balaban J connectivity index is 1.33. The van der Waals surface area contributed by atoms with Gasteiger partial charge in [-0.2, -0.15) is 13.2 Å². The number of carboxylic acids is 1. The Labute approximate surface area is 201 Å². The standard InChI is InChI=1S/C25H18F3N3O5/c26-25(27,28)19-21(30-35-22(19)14-4-2-1-3-5-14)23-17-12-34-18-8-13(6-7-16(18)20(17)29-36-23)9-31-10-15(11-31)24(32)33/h1-8,15H,9-12H2,(H,32,33). The quantitative estimate of drug-likeness (QED) is 0.407. The molecule has 0 amide bonds. The first kappa shape index (κ1) is 22.4. The molecule has 0 unspecified atom stereocenters. The maximum Gasteiger partial charge on any atom is 0.422 e. The summed E-state index contributed by atoms with van der Waals surface area (Å²) < 4.78 is 58.7. The zero-order valence-corrected chi connectivity index (χ0v) is 18.6. The van der Waals surface area contributed by atoms with Gasteiger partial charge in [-0.25, -0.2) is 0 Å². The Kier molecular flexibility index (Phi) is 5.11. The van der Waals surface area contributed by atoms with Crippen molar-refractivity contribution < 1.29 is 36.9 Å². The lowest BCUT2D eigenvalue weighted by Gasteiger charge is -2.36. The number of carboxylic acid groups (broad SMARTS) is 1. The van der Waals surface area contributed by atoms with Crippen LogP contribution in [0.2, 0.25) is 0 Å². The van der Waals surface area contributed by atoms with Crippen molar-refractivity contribution >= 4 is 5.97 Å². The van der Waals surface area contributed by atoms with E-state index in [0.717, 1.165) is 5.56 Å². The summed E-state index contributed by atoms with van der Waals surface area (Å²) in [4.78, 5) is 13.0. The van der Waals surface area contributed by atoms with Crippen LogP contribution in [0.1, 0.15) is 16.7 Å². The topological polar surface area (TPSA) is 102 Å². The molecule has 184 valence electrons. The van der Waals surface area contributed by atoms with Gasteiger partial charge >= 0.3 is 12.1 Å². The lowest BCUT2D eigenvalue weighted by molar-refractivity contribution is -0.147. The van der Waals surface area contributed by atoms with Crippen LogP contribution in [-0.4, -0.2) is 39.4 Å². The van der Waals surface area contributed by atoms with Crippen LogP contribution < -0.4 is 4.74 Å². The van der Waals surface area contributed by atoms with Gasteiger partial charge in [0.1, 0.15) is 23.6 Å². The van der Waals surface area contributed by atoms with E-state index in [-0.39, 0.29) is 23.8 Å². The number of fused-ring (bicyclic) bond motifs is 3. The first-order chi connectivity index (χ1) is 17.3. The van der Waals surface area contributed by atoms with Gasteiger partial charge in [-0.05, 0) is 17.7 Å². The lowest BCUT2D eigenvalue weighted by atomic mass is 9.97. The van der Waals surface area contributed by atoms with Crippen molar-refractivity contribution in [2.45, 2.75) is 19.3 Å². The molecule has 6 rings (SSSR count). The predicted molar refractivity (Wildman–Crippen MR) is 119 cm³/mol. The van der Waals surface area contributed by atoms with Crippen molar-refractivity contribution in [2.24, 2.45) is 5.92 Å². The summed E-state index contributed by atoms with van der Waals surface area (Å²) >= 11 is 0. The molecule has 2 aromatic heterocycles. The number of alkyl halides is 3. The second-order valence-electron chi connectivity index (χ2n) is 8.79. The molecular weight excluding hydrogens is 479 g/mol. The van der Waals surface area contributed by atoms with Gasteiger partial charge in [-0.1, -0.05) is 46.7 Å². The molecule has 8 nitrogen and oxygen atoms in total. The molecule has 0 saturated carbocycles. The number of aliphatic carboxylic acids is 1. The van der Waals surface area contributed by atoms with E-state index in [4.69, 9.17) is 18.9 Å². The SMILES string of the molecule is O=C(O)C1CN(Cc2ccc3c(c2)OCc2c-3noc2-c2noc(-c3ccccc3)c2C(F)(F)F)C1. The number of ether oxygens (including phenoxy) is 1. The van der Waals surface area contributed by atoms with Crippen LogP contribution in [0.25, 0.3) is 34.0 Å². The molecule has 1 N–H and O–H groups in total. The molecule has 36 heavy (non-hydrogen) atoms. The molecule has 4 aromatic rings. The number of likely N-dealkylation sites (tertiary alicyclic amines) is 1. The molecule has 11 heteroatoms. The van der Waals surface area contributed by atoms with E-state index in [1.807, 2.05) is 17.0 Å². The van der Waals surface area contributed by atoms with E-state index in [2.05, 4.69) is 10.3 Å². The van der Waals surface area contributed by atoms with Crippen molar-refractivity contribution in [2.75, 3.05) is 13.1 Å². The van der Waals surface area contributed by atoms with E-state index in [1.165, 1.54) is 12.1 Å². The van der Waals surface area contributed by atoms with Gasteiger partial charge < -0.3 is 18.9 Å². The fourth-order valence-electron chi connectivity index (χ4n) is 4.58. The monoisotopic (exact) mass is 497 g/mol. The number of benzene rings is 2. The summed E-state index contributed by atoms with van der Waals surface area (Å²) in [6.45, 7) is 1.47. The zero-order valence-electron chi connectivity index (χ0n) is 18.6. The highest BCUT2D eigenvalue weighted by molar-refractivity contribution is 5.80. The molecule has 0 aliphatic carbocycles. The first-order valence-electron chi connectivity index (χ1n) is 11.1. The average molecular weight is 497 g/mol.